The molecule has 1 amide bonds. The molecule has 0 aliphatic rings. The summed E-state index contributed by atoms with van der Waals surface area (Å²) in [5, 5.41) is 11.3. The number of amides is 1. The van der Waals surface area contributed by atoms with Crippen molar-refractivity contribution in [3.8, 4) is 0 Å². The average Bonchev–Trinajstić information content (AvgIpc) is 2.84. The van der Waals surface area contributed by atoms with Gasteiger partial charge in [0.1, 0.15) is 0 Å². The molecule has 1 aromatic heterocycles. The number of hydrogen-bond acceptors (Lipinski definition) is 4. The Kier molecular flexibility index (Phi) is 4.65. The number of anilines is 1. The van der Waals surface area contributed by atoms with Crippen LogP contribution in [0.2, 0.25) is 0 Å². The second kappa shape index (κ2) is 6.45. The molecule has 1 aromatic carbocycles. The Labute approximate surface area is 116 Å². The molecular formula is C12H13N3O3Se. The summed E-state index contributed by atoms with van der Waals surface area (Å²) in [4.78, 5) is 22.1. The maximum atomic E-state index is 11.7. The topological polar surface area (TPSA) is 92.2 Å². The summed E-state index contributed by atoms with van der Waals surface area (Å²) < 4.78 is 8.52. The van der Waals surface area contributed by atoms with E-state index in [1.165, 1.54) is 0 Å². The van der Waals surface area contributed by atoms with Gasteiger partial charge in [0.05, 0.1) is 0 Å². The SMILES string of the molecule is O=C(O)CCCCC(=O)Nc1cccc2n[se]nc12. The molecule has 19 heavy (non-hydrogen) atoms. The molecule has 2 aromatic rings. The number of hydrogen-bond donors (Lipinski definition) is 2. The van der Waals surface area contributed by atoms with E-state index in [2.05, 4.69) is 13.3 Å². The van der Waals surface area contributed by atoms with Gasteiger partial charge in [-0.15, -0.1) is 0 Å². The second-order valence-electron chi connectivity index (χ2n) is 4.09. The van der Waals surface area contributed by atoms with E-state index in [9.17, 15) is 9.59 Å². The van der Waals surface area contributed by atoms with Gasteiger partial charge in [0.2, 0.25) is 0 Å². The summed E-state index contributed by atoms with van der Waals surface area (Å²) in [6.07, 6.45) is 1.50. The van der Waals surface area contributed by atoms with Crippen LogP contribution in [0.25, 0.3) is 11.0 Å². The standard InChI is InChI=1S/C12H13N3O3Se/c16-10(6-1-2-7-11(17)18)13-8-4-3-5-9-12(8)15-19-14-9/h3-5H,1-2,6-7H2,(H,13,16)(H,17,18). The van der Waals surface area contributed by atoms with Crippen LogP contribution in [0.15, 0.2) is 18.2 Å². The number of aromatic nitrogens is 2. The normalized spacial score (nSPS) is 10.5. The van der Waals surface area contributed by atoms with Crippen molar-refractivity contribution >= 4 is 43.6 Å². The number of carbonyl (C=O) groups excluding carboxylic acids is 1. The van der Waals surface area contributed by atoms with Gasteiger partial charge in [-0.05, 0) is 0 Å². The van der Waals surface area contributed by atoms with Gasteiger partial charge < -0.3 is 0 Å². The Bertz CT molecular complexity index is 597. The fourth-order valence-electron chi connectivity index (χ4n) is 1.68. The minimum absolute atomic E-state index is 0.102. The second-order valence-corrected chi connectivity index (χ2v) is 5.20. The van der Waals surface area contributed by atoms with Crippen LogP contribution in [0.5, 0.6) is 0 Å². The van der Waals surface area contributed by atoms with Crippen molar-refractivity contribution in [3.63, 3.8) is 0 Å². The Balaban J connectivity index is 1.88. The molecule has 0 spiro atoms. The first kappa shape index (κ1) is 13.7. The van der Waals surface area contributed by atoms with E-state index in [0.29, 0.717) is 24.9 Å². The number of aliphatic carboxylic acids is 1. The van der Waals surface area contributed by atoms with Crippen molar-refractivity contribution in [2.75, 3.05) is 5.32 Å². The molecule has 1 heterocycles. The Morgan fingerprint density at radius 3 is 2.79 bits per heavy atom. The van der Waals surface area contributed by atoms with Crippen LogP contribution < -0.4 is 5.32 Å². The molecule has 0 aliphatic carbocycles. The van der Waals surface area contributed by atoms with Crippen LogP contribution in [0, 0.1) is 0 Å². The van der Waals surface area contributed by atoms with Crippen LogP contribution in [-0.4, -0.2) is 39.9 Å². The van der Waals surface area contributed by atoms with Crippen molar-refractivity contribution in [2.45, 2.75) is 25.7 Å². The van der Waals surface area contributed by atoms with E-state index in [0.717, 1.165) is 11.0 Å². The van der Waals surface area contributed by atoms with Gasteiger partial charge in [0, 0.05) is 0 Å². The third kappa shape index (κ3) is 3.87. The monoisotopic (exact) mass is 327 g/mol. The maximum absolute atomic E-state index is 11.7. The number of rotatable bonds is 6. The quantitative estimate of drug-likeness (QED) is 0.616. The number of carboxylic acid groups (broad SMARTS) is 1. The van der Waals surface area contributed by atoms with Crippen molar-refractivity contribution in [1.29, 1.82) is 0 Å². The predicted octanol–water partition coefficient (Wildman–Crippen LogP) is 1.27. The van der Waals surface area contributed by atoms with Crippen LogP contribution >= 0.6 is 0 Å². The van der Waals surface area contributed by atoms with Gasteiger partial charge in [0.15, 0.2) is 0 Å². The summed E-state index contributed by atoms with van der Waals surface area (Å²) in [5.41, 5.74) is 2.26. The molecule has 2 N–H and O–H groups in total. The van der Waals surface area contributed by atoms with Gasteiger partial charge in [-0.1, -0.05) is 0 Å². The third-order valence-electron chi connectivity index (χ3n) is 2.60. The van der Waals surface area contributed by atoms with Gasteiger partial charge in [0.25, 0.3) is 0 Å². The fraction of sp³-hybridized carbons (Fsp3) is 0.333. The summed E-state index contributed by atoms with van der Waals surface area (Å²) in [5.74, 6) is -0.947. The number of nitrogens with zero attached hydrogens (tertiary/aromatic N) is 2. The molecule has 0 atom stereocenters. The van der Waals surface area contributed by atoms with Crippen molar-refractivity contribution in [1.82, 2.24) is 7.96 Å². The zero-order valence-electron chi connectivity index (χ0n) is 10.1. The molecule has 7 heteroatoms. The summed E-state index contributed by atoms with van der Waals surface area (Å²) in [6.45, 7) is 0. The molecular weight excluding hydrogens is 313 g/mol. The zero-order chi connectivity index (χ0) is 13.7. The first-order valence-electron chi connectivity index (χ1n) is 5.90. The first-order valence-corrected chi connectivity index (χ1v) is 7.43. The first-order chi connectivity index (χ1) is 9.16. The number of carboxylic acids is 1. The molecule has 0 radical (unpaired) electrons. The van der Waals surface area contributed by atoms with Crippen molar-refractivity contribution < 1.29 is 14.7 Å². The van der Waals surface area contributed by atoms with Crippen molar-refractivity contribution in [3.05, 3.63) is 18.2 Å². The van der Waals surface area contributed by atoms with E-state index in [4.69, 9.17) is 5.11 Å². The average molecular weight is 326 g/mol. The Morgan fingerprint density at radius 2 is 2.00 bits per heavy atom. The molecule has 2 rings (SSSR count). The molecule has 0 unspecified atom stereocenters. The van der Waals surface area contributed by atoms with Gasteiger partial charge in [-0.25, -0.2) is 0 Å². The Morgan fingerprint density at radius 1 is 1.21 bits per heavy atom. The Hall–Kier alpha value is -1.72. The molecule has 6 nitrogen and oxygen atoms in total. The van der Waals surface area contributed by atoms with E-state index in [-0.39, 0.29) is 27.3 Å². The molecule has 0 fully saturated rings. The fourth-order valence-corrected chi connectivity index (χ4v) is 2.83. The summed E-state index contributed by atoms with van der Waals surface area (Å²) in [6, 6.07) is 5.50. The summed E-state index contributed by atoms with van der Waals surface area (Å²) in [7, 11) is 0. The predicted molar refractivity (Wildman–Crippen MR) is 71.2 cm³/mol. The number of fused-ring (bicyclic) bond motifs is 1. The molecule has 100 valence electrons. The van der Waals surface area contributed by atoms with Crippen LogP contribution in [0.4, 0.5) is 5.69 Å². The van der Waals surface area contributed by atoms with E-state index in [1.807, 2.05) is 12.1 Å². The number of benzene rings is 1. The van der Waals surface area contributed by atoms with E-state index >= 15 is 0 Å². The third-order valence-corrected chi connectivity index (χ3v) is 3.74. The van der Waals surface area contributed by atoms with Crippen molar-refractivity contribution in [2.24, 2.45) is 0 Å². The molecule has 0 bridgehead atoms. The molecule has 0 saturated carbocycles. The minimum atomic E-state index is -0.830. The number of nitrogens with one attached hydrogen (secondary N) is 1. The van der Waals surface area contributed by atoms with Crippen LogP contribution in [0.1, 0.15) is 25.7 Å². The van der Waals surface area contributed by atoms with E-state index < -0.39 is 5.97 Å². The zero-order valence-corrected chi connectivity index (χ0v) is 11.8. The van der Waals surface area contributed by atoms with Gasteiger partial charge in [-0.2, -0.15) is 0 Å². The number of unbranched alkanes of at least 4 members (excludes halogenated alkanes) is 1. The van der Waals surface area contributed by atoms with E-state index in [1.54, 1.807) is 6.07 Å². The number of carbonyl (C=O) groups is 2. The van der Waals surface area contributed by atoms with Gasteiger partial charge in [-0.3, -0.25) is 0 Å². The summed E-state index contributed by atoms with van der Waals surface area (Å²) >= 11 is -0.120. The molecule has 0 aliphatic heterocycles. The van der Waals surface area contributed by atoms with Crippen LogP contribution in [-0.2, 0) is 9.59 Å². The van der Waals surface area contributed by atoms with Crippen LogP contribution in [0.3, 0.4) is 0 Å². The van der Waals surface area contributed by atoms with Gasteiger partial charge >= 0.3 is 115 Å². The molecule has 0 saturated heterocycles.